The Bertz CT molecular complexity index is 1260. The lowest BCUT2D eigenvalue weighted by Gasteiger charge is -2.19. The van der Waals surface area contributed by atoms with Crippen molar-refractivity contribution in [2.45, 2.75) is 0 Å². The summed E-state index contributed by atoms with van der Waals surface area (Å²) in [5, 5.41) is 3.54. The number of nitrogens with zero attached hydrogens (tertiary/aromatic N) is 1. The molecule has 0 unspecified atom stereocenters. The van der Waals surface area contributed by atoms with Crippen LogP contribution in [0.15, 0.2) is 72.4 Å². The maximum atomic E-state index is 13.5. The number of anilines is 2. The van der Waals surface area contributed by atoms with Crippen LogP contribution in [0.2, 0.25) is 5.02 Å². The number of fused-ring (bicyclic) bond motifs is 1. The summed E-state index contributed by atoms with van der Waals surface area (Å²) < 4.78 is 24.6. The van der Waals surface area contributed by atoms with Crippen LogP contribution in [-0.2, 0) is 9.59 Å². The molecule has 0 aromatic heterocycles. The number of carbonyl (C=O) groups excluding carboxylic acids is 2. The topological polar surface area (TPSA) is 67.9 Å². The van der Waals surface area contributed by atoms with Crippen molar-refractivity contribution < 1.29 is 23.5 Å². The highest BCUT2D eigenvalue weighted by atomic mass is 35.5. The van der Waals surface area contributed by atoms with E-state index in [1.54, 1.807) is 42.5 Å². The van der Waals surface area contributed by atoms with Crippen LogP contribution in [0.4, 0.5) is 15.8 Å². The number of benzene rings is 3. The first-order valence-corrected chi connectivity index (χ1v) is 10.2. The van der Waals surface area contributed by atoms with Gasteiger partial charge in [0, 0.05) is 16.8 Å². The second-order valence-electron chi connectivity index (χ2n) is 7.16. The highest BCUT2D eigenvalue weighted by Gasteiger charge is 2.40. The maximum Gasteiger partial charge on any atom is 0.282 e. The number of rotatable bonds is 4. The van der Waals surface area contributed by atoms with Crippen molar-refractivity contribution in [1.82, 2.24) is 0 Å². The molecule has 2 aliphatic heterocycles. The van der Waals surface area contributed by atoms with Gasteiger partial charge in [0.05, 0.1) is 11.3 Å². The van der Waals surface area contributed by atoms with Crippen molar-refractivity contribution in [3.8, 4) is 11.5 Å². The van der Waals surface area contributed by atoms with Gasteiger partial charge in [-0.05, 0) is 54.1 Å². The van der Waals surface area contributed by atoms with Crippen LogP contribution in [0.1, 0.15) is 5.56 Å². The molecule has 1 N–H and O–H groups in total. The first-order chi connectivity index (χ1) is 15.5. The lowest BCUT2D eigenvalue weighted by molar-refractivity contribution is -0.120. The molecule has 3 aromatic carbocycles. The summed E-state index contributed by atoms with van der Waals surface area (Å²) >= 11 is 5.96. The third kappa shape index (κ3) is 3.56. The van der Waals surface area contributed by atoms with E-state index in [-0.39, 0.29) is 11.3 Å². The van der Waals surface area contributed by atoms with Crippen LogP contribution in [0.3, 0.4) is 0 Å². The third-order valence-electron chi connectivity index (χ3n) is 5.11. The maximum absolute atomic E-state index is 13.5. The Morgan fingerprint density at radius 3 is 2.25 bits per heavy atom. The van der Waals surface area contributed by atoms with E-state index < -0.39 is 17.6 Å². The van der Waals surface area contributed by atoms with Gasteiger partial charge in [0.15, 0.2) is 11.5 Å². The van der Waals surface area contributed by atoms with E-state index in [1.165, 1.54) is 24.3 Å². The molecular formula is C24H16ClFN2O4. The summed E-state index contributed by atoms with van der Waals surface area (Å²) in [6, 6.07) is 17.0. The molecule has 0 radical (unpaired) electrons. The molecule has 0 spiro atoms. The summed E-state index contributed by atoms with van der Waals surface area (Å²) in [6.07, 6.45) is 0. The number of amides is 2. The second-order valence-corrected chi connectivity index (χ2v) is 7.60. The van der Waals surface area contributed by atoms with Crippen molar-refractivity contribution in [3.63, 3.8) is 0 Å². The van der Waals surface area contributed by atoms with Gasteiger partial charge in [-0.15, -0.1) is 0 Å². The van der Waals surface area contributed by atoms with Gasteiger partial charge in [-0.2, -0.15) is 0 Å². The molecule has 0 saturated carbocycles. The Labute approximate surface area is 187 Å². The predicted molar refractivity (Wildman–Crippen MR) is 118 cm³/mol. The normalized spacial score (nSPS) is 15.4. The smallest absolute Gasteiger partial charge is 0.282 e. The minimum absolute atomic E-state index is 0.0771. The first-order valence-electron chi connectivity index (χ1n) is 9.82. The minimum Gasteiger partial charge on any atom is -0.486 e. The highest BCUT2D eigenvalue weighted by Crippen LogP contribution is 2.37. The van der Waals surface area contributed by atoms with Gasteiger partial charge in [-0.25, -0.2) is 9.29 Å². The zero-order chi connectivity index (χ0) is 22.2. The summed E-state index contributed by atoms with van der Waals surface area (Å²) in [6.45, 7) is 0.879. The average Bonchev–Trinajstić information content (AvgIpc) is 3.04. The zero-order valence-electron chi connectivity index (χ0n) is 16.6. The molecule has 3 aromatic rings. The van der Waals surface area contributed by atoms with Gasteiger partial charge in [0.2, 0.25) is 0 Å². The largest absolute Gasteiger partial charge is 0.486 e. The Morgan fingerprint density at radius 2 is 1.53 bits per heavy atom. The quantitative estimate of drug-likeness (QED) is 0.586. The fourth-order valence-corrected chi connectivity index (χ4v) is 3.75. The molecule has 2 heterocycles. The highest BCUT2D eigenvalue weighted by molar-refractivity contribution is 6.46. The van der Waals surface area contributed by atoms with Crippen LogP contribution in [0, 0.1) is 5.82 Å². The molecule has 32 heavy (non-hydrogen) atoms. The van der Waals surface area contributed by atoms with E-state index in [2.05, 4.69) is 5.32 Å². The molecule has 160 valence electrons. The number of ether oxygens (including phenoxy) is 2. The molecule has 0 saturated heterocycles. The van der Waals surface area contributed by atoms with Gasteiger partial charge in [-0.1, -0.05) is 23.7 Å². The summed E-state index contributed by atoms with van der Waals surface area (Å²) in [5.74, 6) is -0.361. The van der Waals surface area contributed by atoms with E-state index in [4.69, 9.17) is 21.1 Å². The Hall–Kier alpha value is -3.84. The Kier molecular flexibility index (Phi) is 5.03. The molecule has 0 aliphatic carbocycles. The van der Waals surface area contributed by atoms with Crippen molar-refractivity contribution in [2.75, 3.05) is 23.4 Å². The number of halogens is 2. The van der Waals surface area contributed by atoms with Crippen molar-refractivity contribution >= 4 is 40.4 Å². The third-order valence-corrected chi connectivity index (χ3v) is 5.37. The van der Waals surface area contributed by atoms with Gasteiger partial charge >= 0.3 is 0 Å². The van der Waals surface area contributed by atoms with Gasteiger partial charge in [0.1, 0.15) is 24.7 Å². The Morgan fingerprint density at radius 1 is 0.844 bits per heavy atom. The van der Waals surface area contributed by atoms with Crippen molar-refractivity contribution in [1.29, 1.82) is 0 Å². The number of nitrogens with one attached hydrogen (secondary N) is 1. The Balaban J connectivity index is 1.58. The van der Waals surface area contributed by atoms with E-state index in [1.807, 2.05) is 0 Å². The number of hydrogen-bond donors (Lipinski definition) is 1. The summed E-state index contributed by atoms with van der Waals surface area (Å²) in [5.41, 5.74) is 1.56. The van der Waals surface area contributed by atoms with E-state index in [9.17, 15) is 14.0 Å². The van der Waals surface area contributed by atoms with Gasteiger partial charge in [0.25, 0.3) is 11.8 Å². The van der Waals surface area contributed by atoms with Crippen LogP contribution < -0.4 is 19.7 Å². The summed E-state index contributed by atoms with van der Waals surface area (Å²) in [4.78, 5) is 27.8. The molecule has 0 fully saturated rings. The second kappa shape index (κ2) is 8.01. The molecular weight excluding hydrogens is 435 g/mol. The monoisotopic (exact) mass is 450 g/mol. The molecule has 2 amide bonds. The van der Waals surface area contributed by atoms with Crippen LogP contribution in [-0.4, -0.2) is 25.0 Å². The number of imide groups is 1. The van der Waals surface area contributed by atoms with Gasteiger partial charge in [-0.3, -0.25) is 9.59 Å². The average molecular weight is 451 g/mol. The molecule has 2 aliphatic rings. The molecule has 6 nitrogen and oxygen atoms in total. The predicted octanol–water partition coefficient (Wildman–Crippen LogP) is 4.65. The lowest BCUT2D eigenvalue weighted by atomic mass is 10.0. The van der Waals surface area contributed by atoms with Crippen molar-refractivity contribution in [3.05, 3.63) is 88.8 Å². The van der Waals surface area contributed by atoms with E-state index in [0.717, 1.165) is 4.90 Å². The molecule has 8 heteroatoms. The molecule has 5 rings (SSSR count). The minimum atomic E-state index is -0.536. The first kappa shape index (κ1) is 20.1. The fraction of sp³-hybridized carbons (Fsp3) is 0.0833. The fourth-order valence-electron chi connectivity index (χ4n) is 3.62. The van der Waals surface area contributed by atoms with E-state index in [0.29, 0.717) is 46.7 Å². The van der Waals surface area contributed by atoms with Crippen molar-refractivity contribution in [2.24, 2.45) is 0 Å². The number of carbonyl (C=O) groups is 2. The molecule has 0 atom stereocenters. The van der Waals surface area contributed by atoms with Crippen LogP contribution in [0.5, 0.6) is 11.5 Å². The lowest BCUT2D eigenvalue weighted by Crippen LogP contribution is -2.32. The van der Waals surface area contributed by atoms with E-state index >= 15 is 0 Å². The summed E-state index contributed by atoms with van der Waals surface area (Å²) in [7, 11) is 0. The zero-order valence-corrected chi connectivity index (χ0v) is 17.4. The number of hydrogen-bond acceptors (Lipinski definition) is 5. The van der Waals surface area contributed by atoms with Gasteiger partial charge < -0.3 is 14.8 Å². The van der Waals surface area contributed by atoms with Crippen LogP contribution in [0.25, 0.3) is 5.57 Å². The SMILES string of the molecule is O=C1C(Nc2ccc3c(c2)OCCO3)=C(c2ccc(F)cc2)C(=O)N1c1ccc(Cl)cc1. The van der Waals surface area contributed by atoms with Crippen LogP contribution >= 0.6 is 11.6 Å². The standard InChI is InChI=1S/C24H16ClFN2O4/c25-15-3-8-18(9-4-15)28-23(29)21(14-1-5-16(26)6-2-14)22(24(28)30)27-17-7-10-19-20(13-17)32-12-11-31-19/h1-10,13,27H,11-12H2. The molecule has 0 bridgehead atoms.